The van der Waals surface area contributed by atoms with Gasteiger partial charge in [-0.05, 0) is 53.8 Å². The fraction of sp³-hybridized carbons (Fsp3) is 1.00. The van der Waals surface area contributed by atoms with Crippen molar-refractivity contribution in [3.63, 3.8) is 0 Å². The summed E-state index contributed by atoms with van der Waals surface area (Å²) in [6.45, 7) is 24.6. The lowest BCUT2D eigenvalue weighted by molar-refractivity contribution is 0.0261. The van der Waals surface area contributed by atoms with Crippen LogP contribution in [0.4, 0.5) is 0 Å². The Kier molecular flexibility index (Phi) is 16.6. The highest BCUT2D eigenvalue weighted by Gasteiger charge is 2.41. The van der Waals surface area contributed by atoms with Gasteiger partial charge in [0.2, 0.25) is 0 Å². The first-order valence-corrected chi connectivity index (χ1v) is 14.5. The Bertz CT molecular complexity index is 399. The first kappa shape index (κ1) is 31.0. The van der Waals surface area contributed by atoms with Crippen LogP contribution >= 0.6 is 0 Å². The fourth-order valence-electron chi connectivity index (χ4n) is 6.04. The molecule has 0 aliphatic heterocycles. The average molecular weight is 437 g/mol. The van der Waals surface area contributed by atoms with E-state index in [1.54, 1.807) is 0 Å². The summed E-state index contributed by atoms with van der Waals surface area (Å²) in [4.78, 5) is 0. The molecule has 0 spiro atoms. The molecule has 0 aromatic heterocycles. The van der Waals surface area contributed by atoms with Gasteiger partial charge in [0.15, 0.2) is 0 Å². The summed E-state index contributed by atoms with van der Waals surface area (Å²) in [5.74, 6) is 3.45. The molecule has 3 unspecified atom stereocenters. The van der Waals surface area contributed by atoms with E-state index in [1.165, 1.54) is 96.3 Å². The number of hydrogen-bond acceptors (Lipinski definition) is 0. The van der Waals surface area contributed by atoms with Crippen LogP contribution < -0.4 is 0 Å². The molecule has 0 aliphatic rings. The van der Waals surface area contributed by atoms with Crippen molar-refractivity contribution in [2.24, 2.45) is 34.5 Å². The molecular formula is C31H64. The minimum Gasteiger partial charge on any atom is -0.0654 e. The Morgan fingerprint density at radius 1 is 0.548 bits per heavy atom. The molecule has 31 heavy (non-hydrogen) atoms. The van der Waals surface area contributed by atoms with Gasteiger partial charge in [0, 0.05) is 0 Å². The molecule has 0 fully saturated rings. The van der Waals surface area contributed by atoms with Crippen LogP contribution in [0.1, 0.15) is 166 Å². The zero-order chi connectivity index (χ0) is 23.9. The molecule has 0 nitrogen and oxygen atoms in total. The summed E-state index contributed by atoms with van der Waals surface area (Å²) < 4.78 is 0. The maximum absolute atomic E-state index is 2.69. The predicted molar refractivity (Wildman–Crippen MR) is 145 cm³/mol. The summed E-state index contributed by atoms with van der Waals surface area (Å²) in [6, 6.07) is 0. The van der Waals surface area contributed by atoms with Crippen LogP contribution in [0, 0.1) is 34.5 Å². The molecule has 0 aromatic carbocycles. The molecule has 0 amide bonds. The van der Waals surface area contributed by atoms with E-state index in [9.17, 15) is 0 Å². The van der Waals surface area contributed by atoms with Crippen LogP contribution in [0.3, 0.4) is 0 Å². The van der Waals surface area contributed by atoms with Crippen molar-refractivity contribution in [2.45, 2.75) is 166 Å². The van der Waals surface area contributed by atoms with Crippen LogP contribution in [0.15, 0.2) is 0 Å². The molecule has 0 aromatic rings. The molecule has 3 atom stereocenters. The normalized spacial score (nSPS) is 16.6. The second-order valence-electron chi connectivity index (χ2n) is 13.2. The third kappa shape index (κ3) is 14.7. The minimum absolute atomic E-state index is 0.419. The third-order valence-corrected chi connectivity index (χ3v) is 7.84. The van der Waals surface area contributed by atoms with E-state index in [1.807, 2.05) is 0 Å². The average Bonchev–Trinajstić information content (AvgIpc) is 2.66. The molecule has 0 heteroatoms. The molecule has 0 radical (unpaired) electrons. The number of unbranched alkanes of at least 4 members (excludes halogenated alkanes) is 5. The molecule has 0 aliphatic carbocycles. The number of rotatable bonds is 19. The lowest BCUT2D eigenvalue weighted by Gasteiger charge is -2.48. The van der Waals surface area contributed by atoms with Crippen molar-refractivity contribution >= 4 is 0 Å². The predicted octanol–water partition coefficient (Wildman–Crippen LogP) is 11.5. The molecule has 0 rings (SSSR count). The molecule has 0 bridgehead atoms. The van der Waals surface area contributed by atoms with Crippen molar-refractivity contribution in [3.05, 3.63) is 0 Å². The standard InChI is InChI=1S/C31H64/c1-11-13-15-16-20-29(21-18-19-26(3)4)28(7)31(23-17-14-12-2,24-22-27(5)6)25-30(8,9)10/h26-29H,11-25H2,1-10H3. The smallest absolute Gasteiger partial charge is 0.0264 e. The number of hydrogen-bond donors (Lipinski definition) is 0. The molecular weight excluding hydrogens is 372 g/mol. The highest BCUT2D eigenvalue weighted by Crippen LogP contribution is 2.51. The van der Waals surface area contributed by atoms with E-state index in [4.69, 9.17) is 0 Å². The van der Waals surface area contributed by atoms with Gasteiger partial charge in [-0.15, -0.1) is 0 Å². The Balaban J connectivity index is 5.72. The van der Waals surface area contributed by atoms with Crippen molar-refractivity contribution < 1.29 is 0 Å². The van der Waals surface area contributed by atoms with Crippen LogP contribution in [0.25, 0.3) is 0 Å². The Labute approximate surface area is 200 Å². The zero-order valence-corrected chi connectivity index (χ0v) is 23.9. The van der Waals surface area contributed by atoms with Crippen molar-refractivity contribution in [1.82, 2.24) is 0 Å². The van der Waals surface area contributed by atoms with E-state index in [2.05, 4.69) is 69.2 Å². The van der Waals surface area contributed by atoms with Gasteiger partial charge < -0.3 is 0 Å². The van der Waals surface area contributed by atoms with E-state index < -0.39 is 0 Å². The first-order valence-electron chi connectivity index (χ1n) is 14.5. The molecule has 0 saturated carbocycles. The van der Waals surface area contributed by atoms with Gasteiger partial charge in [-0.3, -0.25) is 0 Å². The highest BCUT2D eigenvalue weighted by atomic mass is 14.5. The van der Waals surface area contributed by atoms with Crippen molar-refractivity contribution in [2.75, 3.05) is 0 Å². The molecule has 0 heterocycles. The van der Waals surface area contributed by atoms with Crippen LogP contribution in [0.2, 0.25) is 0 Å². The van der Waals surface area contributed by atoms with Gasteiger partial charge in [0.1, 0.15) is 0 Å². The quantitative estimate of drug-likeness (QED) is 0.176. The van der Waals surface area contributed by atoms with Crippen LogP contribution in [-0.4, -0.2) is 0 Å². The summed E-state index contributed by atoms with van der Waals surface area (Å²) in [7, 11) is 0. The molecule has 188 valence electrons. The van der Waals surface area contributed by atoms with Crippen molar-refractivity contribution in [1.29, 1.82) is 0 Å². The zero-order valence-electron chi connectivity index (χ0n) is 23.9. The van der Waals surface area contributed by atoms with Crippen LogP contribution in [0.5, 0.6) is 0 Å². The van der Waals surface area contributed by atoms with E-state index >= 15 is 0 Å². The monoisotopic (exact) mass is 437 g/mol. The topological polar surface area (TPSA) is 0 Å². The van der Waals surface area contributed by atoms with Crippen LogP contribution in [-0.2, 0) is 0 Å². The van der Waals surface area contributed by atoms with Crippen molar-refractivity contribution in [3.8, 4) is 0 Å². The second kappa shape index (κ2) is 16.6. The van der Waals surface area contributed by atoms with Gasteiger partial charge in [-0.25, -0.2) is 0 Å². The van der Waals surface area contributed by atoms with E-state index in [0.717, 1.165) is 23.7 Å². The minimum atomic E-state index is 0.419. The summed E-state index contributed by atoms with van der Waals surface area (Å²) >= 11 is 0. The Hall–Kier alpha value is 0. The lowest BCUT2D eigenvalue weighted by atomic mass is 9.58. The summed E-state index contributed by atoms with van der Waals surface area (Å²) in [6.07, 6.45) is 21.4. The van der Waals surface area contributed by atoms with Gasteiger partial charge in [0.25, 0.3) is 0 Å². The SMILES string of the molecule is CCCCCCC(CCCC(C)C)C(C)C(CCCCC)(CCC(C)C)CC(C)(C)C. The second-order valence-corrected chi connectivity index (χ2v) is 13.2. The maximum Gasteiger partial charge on any atom is -0.0264 e. The summed E-state index contributed by atoms with van der Waals surface area (Å²) in [5.41, 5.74) is 0.951. The van der Waals surface area contributed by atoms with E-state index in [0.29, 0.717) is 10.8 Å². The Morgan fingerprint density at radius 3 is 1.61 bits per heavy atom. The largest absolute Gasteiger partial charge is 0.0654 e. The third-order valence-electron chi connectivity index (χ3n) is 7.84. The van der Waals surface area contributed by atoms with E-state index in [-0.39, 0.29) is 0 Å². The molecule has 0 saturated heterocycles. The van der Waals surface area contributed by atoms with Gasteiger partial charge in [-0.2, -0.15) is 0 Å². The Morgan fingerprint density at radius 2 is 1.10 bits per heavy atom. The highest BCUT2D eigenvalue weighted by molar-refractivity contribution is 4.91. The lowest BCUT2D eigenvalue weighted by Crippen LogP contribution is -2.38. The maximum atomic E-state index is 2.69. The molecule has 0 N–H and O–H groups in total. The first-order chi connectivity index (χ1) is 14.5. The van der Waals surface area contributed by atoms with Gasteiger partial charge >= 0.3 is 0 Å². The van der Waals surface area contributed by atoms with Gasteiger partial charge in [0.05, 0.1) is 0 Å². The van der Waals surface area contributed by atoms with Gasteiger partial charge in [-0.1, -0.05) is 146 Å². The fourth-order valence-corrected chi connectivity index (χ4v) is 6.04. The summed E-state index contributed by atoms with van der Waals surface area (Å²) in [5, 5.41) is 0.